The monoisotopic (exact) mass is 270 g/mol. The summed E-state index contributed by atoms with van der Waals surface area (Å²) in [6.45, 7) is 1.72. The highest BCUT2D eigenvalue weighted by molar-refractivity contribution is 5.91. The Balaban J connectivity index is 1.92. The zero-order chi connectivity index (χ0) is 14.5. The first-order chi connectivity index (χ1) is 9.58. The van der Waals surface area contributed by atoms with E-state index in [-0.39, 0.29) is 12.5 Å². The van der Waals surface area contributed by atoms with Crippen molar-refractivity contribution in [2.24, 2.45) is 7.05 Å². The molecule has 2 aromatic rings. The van der Waals surface area contributed by atoms with E-state index in [1.54, 1.807) is 42.1 Å². The van der Waals surface area contributed by atoms with Gasteiger partial charge in [0.25, 0.3) is 5.91 Å². The van der Waals surface area contributed by atoms with Gasteiger partial charge in [-0.3, -0.25) is 9.48 Å². The van der Waals surface area contributed by atoms with Crippen molar-refractivity contribution in [2.75, 3.05) is 11.9 Å². The summed E-state index contributed by atoms with van der Waals surface area (Å²) in [4.78, 5) is 11.8. The molecule has 0 fully saturated rings. The van der Waals surface area contributed by atoms with Gasteiger partial charge in [0.05, 0.1) is 17.3 Å². The van der Waals surface area contributed by atoms with E-state index in [1.807, 2.05) is 13.0 Å². The van der Waals surface area contributed by atoms with E-state index in [2.05, 4.69) is 10.4 Å². The van der Waals surface area contributed by atoms with Crippen LogP contribution < -0.4 is 10.1 Å². The Morgan fingerprint density at radius 3 is 2.95 bits per heavy atom. The maximum Gasteiger partial charge on any atom is 0.263 e. The molecular formula is C14H14N4O2. The molecule has 1 aromatic carbocycles. The topological polar surface area (TPSA) is 79.9 Å². The van der Waals surface area contributed by atoms with Crippen molar-refractivity contribution in [3.63, 3.8) is 0 Å². The second kappa shape index (κ2) is 5.89. The van der Waals surface area contributed by atoms with E-state index in [0.717, 1.165) is 5.69 Å². The van der Waals surface area contributed by atoms with E-state index in [4.69, 9.17) is 10.00 Å². The number of ether oxygens (including phenoxy) is 1. The van der Waals surface area contributed by atoms with E-state index < -0.39 is 0 Å². The number of rotatable bonds is 4. The summed E-state index contributed by atoms with van der Waals surface area (Å²) >= 11 is 0. The number of nitrogens with zero attached hydrogens (tertiary/aromatic N) is 3. The van der Waals surface area contributed by atoms with Crippen LogP contribution >= 0.6 is 0 Å². The molecule has 0 saturated heterocycles. The van der Waals surface area contributed by atoms with Crippen molar-refractivity contribution in [2.45, 2.75) is 6.92 Å². The van der Waals surface area contributed by atoms with Gasteiger partial charge in [-0.15, -0.1) is 0 Å². The number of nitrogens with one attached hydrogen (secondary N) is 1. The molecule has 0 aliphatic carbocycles. The molecule has 0 spiro atoms. The average molecular weight is 270 g/mol. The number of carbonyl (C=O) groups is 1. The van der Waals surface area contributed by atoms with Gasteiger partial charge in [0.1, 0.15) is 11.6 Å². The number of benzene rings is 1. The number of anilines is 1. The van der Waals surface area contributed by atoms with Crippen LogP contribution in [0.1, 0.15) is 11.3 Å². The Morgan fingerprint density at radius 2 is 2.30 bits per heavy atom. The highest BCUT2D eigenvalue weighted by Gasteiger charge is 2.08. The first-order valence-electron chi connectivity index (χ1n) is 6.02. The first-order valence-corrected chi connectivity index (χ1v) is 6.02. The normalized spacial score (nSPS) is 9.85. The second-order valence-electron chi connectivity index (χ2n) is 4.27. The van der Waals surface area contributed by atoms with Crippen LogP contribution in [0.2, 0.25) is 0 Å². The van der Waals surface area contributed by atoms with Gasteiger partial charge in [-0.05, 0) is 25.1 Å². The number of hydrogen-bond acceptors (Lipinski definition) is 4. The van der Waals surface area contributed by atoms with Gasteiger partial charge in [0, 0.05) is 13.1 Å². The van der Waals surface area contributed by atoms with E-state index in [1.165, 1.54) is 0 Å². The minimum absolute atomic E-state index is 0.126. The van der Waals surface area contributed by atoms with E-state index in [9.17, 15) is 4.79 Å². The van der Waals surface area contributed by atoms with Crippen molar-refractivity contribution in [1.82, 2.24) is 9.78 Å². The third-order valence-electron chi connectivity index (χ3n) is 2.60. The largest absolute Gasteiger partial charge is 0.484 e. The summed E-state index contributed by atoms with van der Waals surface area (Å²) in [7, 11) is 1.75. The van der Waals surface area contributed by atoms with E-state index >= 15 is 0 Å². The molecule has 6 nitrogen and oxygen atoms in total. The molecule has 1 heterocycles. The number of amides is 1. The lowest BCUT2D eigenvalue weighted by Crippen LogP contribution is -2.21. The van der Waals surface area contributed by atoms with Crippen LogP contribution in [0.3, 0.4) is 0 Å². The van der Waals surface area contributed by atoms with Crippen LogP contribution in [-0.4, -0.2) is 22.3 Å². The fourth-order valence-corrected chi connectivity index (χ4v) is 1.71. The number of aryl methyl sites for hydroxylation is 2. The summed E-state index contributed by atoms with van der Waals surface area (Å²) in [5, 5.41) is 15.6. The Kier molecular flexibility index (Phi) is 4.01. The van der Waals surface area contributed by atoms with Crippen LogP contribution in [-0.2, 0) is 11.8 Å². The van der Waals surface area contributed by atoms with Crippen LogP contribution in [0.5, 0.6) is 5.75 Å². The number of nitriles is 1. The number of hydrogen-bond donors (Lipinski definition) is 1. The fourth-order valence-electron chi connectivity index (χ4n) is 1.71. The third-order valence-corrected chi connectivity index (χ3v) is 2.60. The van der Waals surface area contributed by atoms with Crippen molar-refractivity contribution in [3.8, 4) is 11.8 Å². The molecule has 0 radical (unpaired) electrons. The van der Waals surface area contributed by atoms with Crippen molar-refractivity contribution in [1.29, 1.82) is 5.26 Å². The molecule has 0 atom stereocenters. The molecule has 2 rings (SSSR count). The summed E-state index contributed by atoms with van der Waals surface area (Å²) in [6.07, 6.45) is 0. The molecular weight excluding hydrogens is 256 g/mol. The lowest BCUT2D eigenvalue weighted by molar-refractivity contribution is -0.118. The SMILES string of the molecule is Cc1cc(NC(=O)COc2cccc(C#N)c2)n(C)n1. The predicted molar refractivity (Wildman–Crippen MR) is 73.2 cm³/mol. The zero-order valence-electron chi connectivity index (χ0n) is 11.3. The highest BCUT2D eigenvalue weighted by atomic mass is 16.5. The minimum atomic E-state index is -0.282. The molecule has 0 aliphatic heterocycles. The smallest absolute Gasteiger partial charge is 0.263 e. The van der Waals surface area contributed by atoms with Crippen LogP contribution in [0.25, 0.3) is 0 Å². The molecule has 1 amide bonds. The van der Waals surface area contributed by atoms with Crippen molar-refractivity contribution < 1.29 is 9.53 Å². The molecule has 102 valence electrons. The fraction of sp³-hybridized carbons (Fsp3) is 0.214. The summed E-state index contributed by atoms with van der Waals surface area (Å²) in [5.41, 5.74) is 1.32. The molecule has 20 heavy (non-hydrogen) atoms. The second-order valence-corrected chi connectivity index (χ2v) is 4.27. The van der Waals surface area contributed by atoms with E-state index in [0.29, 0.717) is 17.1 Å². The van der Waals surface area contributed by atoms with Crippen LogP contribution in [0.15, 0.2) is 30.3 Å². The van der Waals surface area contributed by atoms with Gasteiger partial charge in [0.2, 0.25) is 0 Å². The van der Waals surface area contributed by atoms with Crippen LogP contribution in [0.4, 0.5) is 5.82 Å². The molecule has 0 unspecified atom stereocenters. The van der Waals surface area contributed by atoms with Gasteiger partial charge >= 0.3 is 0 Å². The number of aromatic nitrogens is 2. The quantitative estimate of drug-likeness (QED) is 0.915. The molecule has 0 aliphatic rings. The summed E-state index contributed by atoms with van der Waals surface area (Å²) in [5.74, 6) is 0.817. The Morgan fingerprint density at radius 1 is 1.50 bits per heavy atom. The lowest BCUT2D eigenvalue weighted by atomic mass is 10.2. The summed E-state index contributed by atoms with van der Waals surface area (Å²) in [6, 6.07) is 10.4. The molecule has 6 heteroatoms. The molecule has 1 aromatic heterocycles. The predicted octanol–water partition coefficient (Wildman–Crippen LogP) is 1.62. The van der Waals surface area contributed by atoms with Gasteiger partial charge in [-0.1, -0.05) is 6.07 Å². The Hall–Kier alpha value is -2.81. The van der Waals surface area contributed by atoms with Gasteiger partial charge in [-0.2, -0.15) is 10.4 Å². The summed E-state index contributed by atoms with van der Waals surface area (Å²) < 4.78 is 6.92. The van der Waals surface area contributed by atoms with Crippen molar-refractivity contribution >= 4 is 11.7 Å². The zero-order valence-corrected chi connectivity index (χ0v) is 11.3. The van der Waals surface area contributed by atoms with Crippen molar-refractivity contribution in [3.05, 3.63) is 41.6 Å². The first kappa shape index (κ1) is 13.6. The van der Waals surface area contributed by atoms with Gasteiger partial charge < -0.3 is 10.1 Å². The maximum absolute atomic E-state index is 11.8. The number of carbonyl (C=O) groups excluding carboxylic acids is 1. The van der Waals surface area contributed by atoms with Gasteiger partial charge in [-0.25, -0.2) is 0 Å². The molecule has 0 saturated carbocycles. The highest BCUT2D eigenvalue weighted by Crippen LogP contribution is 2.13. The standard InChI is InChI=1S/C14H14N4O2/c1-10-6-13(18(2)17-10)16-14(19)9-20-12-5-3-4-11(7-12)8-15/h3-7H,9H2,1-2H3,(H,16,19). The Bertz CT molecular complexity index is 670. The van der Waals surface area contributed by atoms with Gasteiger partial charge in [0.15, 0.2) is 6.61 Å². The Labute approximate surface area is 116 Å². The third kappa shape index (κ3) is 3.36. The lowest BCUT2D eigenvalue weighted by Gasteiger charge is -2.07. The molecule has 0 bridgehead atoms. The maximum atomic E-state index is 11.8. The van der Waals surface area contributed by atoms with Crippen LogP contribution in [0, 0.1) is 18.3 Å². The minimum Gasteiger partial charge on any atom is -0.484 e. The average Bonchev–Trinajstić information content (AvgIpc) is 2.75. The molecule has 1 N–H and O–H groups in total.